The highest BCUT2D eigenvalue weighted by Gasteiger charge is 2.22. The third-order valence-corrected chi connectivity index (χ3v) is 3.31. The van der Waals surface area contributed by atoms with Crippen molar-refractivity contribution in [2.75, 3.05) is 11.9 Å². The molecule has 1 aromatic heterocycles. The lowest BCUT2D eigenvalue weighted by atomic mass is 9.94. The lowest BCUT2D eigenvalue weighted by molar-refractivity contribution is 0.0515. The van der Waals surface area contributed by atoms with E-state index >= 15 is 0 Å². The second-order valence-corrected chi connectivity index (χ2v) is 6.54. The van der Waals surface area contributed by atoms with Crippen molar-refractivity contribution in [1.82, 2.24) is 9.78 Å². The minimum absolute atomic E-state index is 0.0434. The molecule has 0 saturated carbocycles. The summed E-state index contributed by atoms with van der Waals surface area (Å²) in [6.07, 6.45) is 2.18. The van der Waals surface area contributed by atoms with E-state index in [0.717, 1.165) is 0 Å². The molecule has 0 spiro atoms. The van der Waals surface area contributed by atoms with Crippen LogP contribution in [0.5, 0.6) is 0 Å². The SMILES string of the molecule is CC(C)CC(C)(O)CNc1cnn(C(C)C)c(=O)c1Cl. The number of halogens is 1. The van der Waals surface area contributed by atoms with Crippen LogP contribution in [0.15, 0.2) is 11.0 Å². The van der Waals surface area contributed by atoms with Crippen molar-refractivity contribution in [3.05, 3.63) is 21.6 Å². The first kappa shape index (κ1) is 17.0. The number of aromatic nitrogens is 2. The van der Waals surface area contributed by atoms with Gasteiger partial charge in [-0.05, 0) is 33.1 Å². The van der Waals surface area contributed by atoms with E-state index < -0.39 is 5.60 Å². The standard InChI is InChI=1S/C14H24ClN3O2/c1-9(2)6-14(5,20)8-16-11-7-17-18(10(3)4)13(19)12(11)15/h7,9-10,16,20H,6,8H2,1-5H3. The molecule has 0 saturated heterocycles. The summed E-state index contributed by atoms with van der Waals surface area (Å²) >= 11 is 6.06. The Bertz CT molecular complexity index is 510. The molecular weight excluding hydrogens is 278 g/mol. The highest BCUT2D eigenvalue weighted by atomic mass is 35.5. The molecule has 0 amide bonds. The third-order valence-electron chi connectivity index (χ3n) is 2.94. The van der Waals surface area contributed by atoms with Crippen LogP contribution in [0.25, 0.3) is 0 Å². The van der Waals surface area contributed by atoms with Gasteiger partial charge in [0, 0.05) is 6.54 Å². The van der Waals surface area contributed by atoms with Gasteiger partial charge in [0.2, 0.25) is 0 Å². The van der Waals surface area contributed by atoms with Crippen molar-refractivity contribution in [2.24, 2.45) is 5.92 Å². The Morgan fingerprint density at radius 3 is 2.55 bits per heavy atom. The Kier molecular flexibility index (Phi) is 5.59. The van der Waals surface area contributed by atoms with Crippen molar-refractivity contribution in [3.63, 3.8) is 0 Å². The first-order valence-corrected chi connectivity index (χ1v) is 7.25. The molecule has 1 heterocycles. The molecule has 2 N–H and O–H groups in total. The molecule has 114 valence electrons. The molecule has 0 radical (unpaired) electrons. The molecule has 0 aliphatic carbocycles. The van der Waals surface area contributed by atoms with Gasteiger partial charge in [0.15, 0.2) is 0 Å². The number of nitrogens with zero attached hydrogens (tertiary/aromatic N) is 2. The van der Waals surface area contributed by atoms with Gasteiger partial charge < -0.3 is 10.4 Å². The third kappa shape index (κ3) is 4.49. The monoisotopic (exact) mass is 301 g/mol. The topological polar surface area (TPSA) is 67.2 Å². The van der Waals surface area contributed by atoms with Gasteiger partial charge in [-0.25, -0.2) is 4.68 Å². The van der Waals surface area contributed by atoms with Crippen LogP contribution in [0.4, 0.5) is 5.69 Å². The zero-order valence-electron chi connectivity index (χ0n) is 12.8. The molecule has 0 fully saturated rings. The average Bonchev–Trinajstić information content (AvgIpc) is 2.29. The molecule has 1 atom stereocenters. The quantitative estimate of drug-likeness (QED) is 0.848. The largest absolute Gasteiger partial charge is 0.388 e. The Morgan fingerprint density at radius 1 is 1.45 bits per heavy atom. The second-order valence-electron chi connectivity index (χ2n) is 6.16. The first-order chi connectivity index (χ1) is 9.14. The normalized spacial score (nSPS) is 14.7. The summed E-state index contributed by atoms with van der Waals surface area (Å²) < 4.78 is 1.33. The fourth-order valence-corrected chi connectivity index (χ4v) is 2.38. The van der Waals surface area contributed by atoms with Gasteiger partial charge in [0.05, 0.1) is 23.5 Å². The van der Waals surface area contributed by atoms with Gasteiger partial charge in [-0.15, -0.1) is 0 Å². The molecule has 0 bridgehead atoms. The van der Waals surface area contributed by atoms with E-state index in [-0.39, 0.29) is 16.6 Å². The molecule has 20 heavy (non-hydrogen) atoms. The lowest BCUT2D eigenvalue weighted by Gasteiger charge is -2.26. The summed E-state index contributed by atoms with van der Waals surface area (Å²) in [7, 11) is 0. The number of hydrogen-bond donors (Lipinski definition) is 2. The Hall–Kier alpha value is -1.07. The van der Waals surface area contributed by atoms with Gasteiger partial charge >= 0.3 is 0 Å². The predicted molar refractivity (Wildman–Crippen MR) is 82.5 cm³/mol. The van der Waals surface area contributed by atoms with Crippen LogP contribution in [0.1, 0.15) is 47.1 Å². The average molecular weight is 302 g/mol. The Balaban J connectivity index is 2.85. The maximum absolute atomic E-state index is 12.0. The van der Waals surface area contributed by atoms with Gasteiger partial charge in [0.25, 0.3) is 5.56 Å². The summed E-state index contributed by atoms with van der Waals surface area (Å²) in [4.78, 5) is 12.0. The smallest absolute Gasteiger partial charge is 0.287 e. The number of hydrogen-bond acceptors (Lipinski definition) is 4. The Morgan fingerprint density at radius 2 is 2.05 bits per heavy atom. The van der Waals surface area contributed by atoms with E-state index in [1.54, 1.807) is 6.92 Å². The molecule has 6 heteroatoms. The van der Waals surface area contributed by atoms with Crippen molar-refractivity contribution in [2.45, 2.75) is 52.7 Å². The zero-order chi connectivity index (χ0) is 15.5. The van der Waals surface area contributed by atoms with Crippen LogP contribution in [0.2, 0.25) is 5.02 Å². The van der Waals surface area contributed by atoms with Crippen LogP contribution < -0.4 is 10.9 Å². The number of rotatable bonds is 6. The maximum atomic E-state index is 12.0. The second kappa shape index (κ2) is 6.59. The maximum Gasteiger partial charge on any atom is 0.287 e. The van der Waals surface area contributed by atoms with Crippen LogP contribution in [0, 0.1) is 5.92 Å². The van der Waals surface area contributed by atoms with Crippen molar-refractivity contribution in [3.8, 4) is 0 Å². The van der Waals surface area contributed by atoms with Crippen molar-refractivity contribution >= 4 is 17.3 Å². The van der Waals surface area contributed by atoms with Crippen LogP contribution >= 0.6 is 11.6 Å². The highest BCUT2D eigenvalue weighted by Crippen LogP contribution is 2.20. The van der Waals surface area contributed by atoms with E-state index in [4.69, 9.17) is 11.6 Å². The van der Waals surface area contributed by atoms with Gasteiger partial charge in [-0.3, -0.25) is 4.79 Å². The van der Waals surface area contributed by atoms with E-state index in [1.165, 1.54) is 10.9 Å². The summed E-state index contributed by atoms with van der Waals surface area (Å²) in [5.41, 5.74) is -0.725. The van der Waals surface area contributed by atoms with Crippen LogP contribution in [-0.2, 0) is 0 Å². The summed E-state index contributed by atoms with van der Waals surface area (Å²) in [6.45, 7) is 9.91. The number of nitrogens with one attached hydrogen (secondary N) is 1. The highest BCUT2D eigenvalue weighted by molar-refractivity contribution is 6.32. The predicted octanol–water partition coefficient (Wildman–Crippen LogP) is 2.69. The Labute approximate surface area is 125 Å². The molecule has 0 aliphatic rings. The zero-order valence-corrected chi connectivity index (χ0v) is 13.5. The molecule has 0 aliphatic heterocycles. The van der Waals surface area contributed by atoms with Gasteiger partial charge in [0.1, 0.15) is 5.02 Å². The molecule has 1 aromatic rings. The van der Waals surface area contributed by atoms with Gasteiger partial charge in [-0.2, -0.15) is 5.10 Å². The lowest BCUT2D eigenvalue weighted by Crippen LogP contribution is -2.35. The fourth-order valence-electron chi connectivity index (χ4n) is 2.17. The van der Waals surface area contributed by atoms with Crippen molar-refractivity contribution < 1.29 is 5.11 Å². The van der Waals surface area contributed by atoms with E-state index in [9.17, 15) is 9.90 Å². The van der Waals surface area contributed by atoms with Crippen molar-refractivity contribution in [1.29, 1.82) is 0 Å². The van der Waals surface area contributed by atoms with E-state index in [1.807, 2.05) is 27.7 Å². The number of anilines is 1. The number of aliphatic hydroxyl groups is 1. The minimum atomic E-state index is -0.857. The first-order valence-electron chi connectivity index (χ1n) is 6.87. The van der Waals surface area contributed by atoms with Crippen LogP contribution in [-0.4, -0.2) is 27.0 Å². The minimum Gasteiger partial charge on any atom is -0.388 e. The van der Waals surface area contributed by atoms with Gasteiger partial charge in [-0.1, -0.05) is 25.4 Å². The molecular formula is C14H24ClN3O2. The fraction of sp³-hybridized carbons (Fsp3) is 0.714. The molecule has 1 unspecified atom stereocenters. The summed E-state index contributed by atoms with van der Waals surface area (Å²) in [6, 6.07) is -0.0434. The molecule has 0 aromatic carbocycles. The molecule has 5 nitrogen and oxygen atoms in total. The van der Waals surface area contributed by atoms with Crippen LogP contribution in [0.3, 0.4) is 0 Å². The summed E-state index contributed by atoms with van der Waals surface area (Å²) in [5, 5.41) is 17.4. The summed E-state index contributed by atoms with van der Waals surface area (Å²) in [5.74, 6) is 0.384. The molecule has 1 rings (SSSR count). The van der Waals surface area contributed by atoms with E-state index in [0.29, 0.717) is 24.6 Å². The van der Waals surface area contributed by atoms with E-state index in [2.05, 4.69) is 10.4 Å².